The zero-order valence-corrected chi connectivity index (χ0v) is 23.9. The standard InChI is InChI=1S/C31H42O9/c1-38-24-20-23(32)25(33)21(26(24)34)18-16-14-12-10-8-6-4-5-7-9-11-13-15-17-19-22-27(35)29(37)31(40-3)30(39-2)28(22)36/h4-5,20,33,35H,6-19H2,1-3H3. The first-order chi connectivity index (χ1) is 19.3. The molecule has 0 spiro atoms. The van der Waals surface area contributed by atoms with Crippen LogP contribution in [0.2, 0.25) is 0 Å². The van der Waals surface area contributed by atoms with Crippen molar-refractivity contribution in [2.24, 2.45) is 0 Å². The topological polar surface area (TPSA) is 136 Å². The van der Waals surface area contributed by atoms with Crippen molar-refractivity contribution in [1.82, 2.24) is 0 Å². The minimum atomic E-state index is -0.718. The molecule has 0 bridgehead atoms. The molecule has 0 amide bonds. The minimum Gasteiger partial charge on any atom is -0.504 e. The summed E-state index contributed by atoms with van der Waals surface area (Å²) in [6, 6.07) is 0. The molecule has 0 aromatic rings. The summed E-state index contributed by atoms with van der Waals surface area (Å²) in [4.78, 5) is 48.6. The van der Waals surface area contributed by atoms with Gasteiger partial charge >= 0.3 is 0 Å². The first-order valence-corrected chi connectivity index (χ1v) is 14.0. The molecule has 9 heteroatoms. The van der Waals surface area contributed by atoms with Gasteiger partial charge in [0.25, 0.3) is 5.78 Å². The fourth-order valence-electron chi connectivity index (χ4n) is 4.76. The van der Waals surface area contributed by atoms with E-state index in [1.807, 2.05) is 0 Å². The second kappa shape index (κ2) is 17.2. The second-order valence-corrected chi connectivity index (χ2v) is 9.87. The fourth-order valence-corrected chi connectivity index (χ4v) is 4.76. The molecule has 0 saturated carbocycles. The molecule has 0 aliphatic heterocycles. The van der Waals surface area contributed by atoms with E-state index in [-0.39, 0.29) is 28.4 Å². The minimum absolute atomic E-state index is 0.0180. The molecule has 40 heavy (non-hydrogen) atoms. The van der Waals surface area contributed by atoms with E-state index in [1.165, 1.54) is 21.3 Å². The Kier molecular flexibility index (Phi) is 14.0. The van der Waals surface area contributed by atoms with E-state index < -0.39 is 34.7 Å². The Morgan fingerprint density at radius 2 is 1.02 bits per heavy atom. The number of unbranched alkanes of at least 4 members (excludes halogenated alkanes) is 10. The Morgan fingerprint density at radius 1 is 0.575 bits per heavy atom. The Hall–Kier alpha value is -3.62. The van der Waals surface area contributed by atoms with Crippen LogP contribution in [-0.2, 0) is 33.4 Å². The van der Waals surface area contributed by atoms with Crippen LogP contribution < -0.4 is 0 Å². The molecular formula is C31H42O9. The maximum atomic E-state index is 12.5. The van der Waals surface area contributed by atoms with Gasteiger partial charge in [0, 0.05) is 17.2 Å². The van der Waals surface area contributed by atoms with Gasteiger partial charge in [-0.3, -0.25) is 19.2 Å². The van der Waals surface area contributed by atoms with Crippen molar-refractivity contribution in [3.05, 3.63) is 58.2 Å². The monoisotopic (exact) mass is 558 g/mol. The Labute approximate surface area is 236 Å². The van der Waals surface area contributed by atoms with Gasteiger partial charge in [-0.15, -0.1) is 0 Å². The summed E-state index contributed by atoms with van der Waals surface area (Å²) in [6.07, 6.45) is 17.8. The summed E-state index contributed by atoms with van der Waals surface area (Å²) < 4.78 is 14.9. The number of aliphatic hydroxyl groups is 2. The van der Waals surface area contributed by atoms with Gasteiger partial charge < -0.3 is 24.4 Å². The average molecular weight is 559 g/mol. The number of carbonyl (C=O) groups excluding carboxylic acids is 4. The van der Waals surface area contributed by atoms with Gasteiger partial charge in [-0.2, -0.15) is 0 Å². The highest BCUT2D eigenvalue weighted by atomic mass is 16.5. The summed E-state index contributed by atoms with van der Waals surface area (Å²) in [7, 11) is 3.89. The molecule has 2 N–H and O–H groups in total. The van der Waals surface area contributed by atoms with E-state index in [0.717, 1.165) is 76.7 Å². The lowest BCUT2D eigenvalue weighted by molar-refractivity contribution is -0.123. The van der Waals surface area contributed by atoms with Gasteiger partial charge in [0.1, 0.15) is 0 Å². The van der Waals surface area contributed by atoms with Crippen LogP contribution in [0.5, 0.6) is 0 Å². The summed E-state index contributed by atoms with van der Waals surface area (Å²) in [5.74, 6) is -3.63. The normalized spacial score (nSPS) is 16.4. The number of carbonyl (C=O) groups is 4. The third-order valence-electron chi connectivity index (χ3n) is 7.06. The van der Waals surface area contributed by atoms with Crippen LogP contribution in [0.15, 0.2) is 58.2 Å². The van der Waals surface area contributed by atoms with Gasteiger partial charge in [0.2, 0.25) is 28.9 Å². The van der Waals surface area contributed by atoms with E-state index in [9.17, 15) is 29.4 Å². The Morgan fingerprint density at radius 3 is 1.52 bits per heavy atom. The Balaban J connectivity index is 1.49. The largest absolute Gasteiger partial charge is 0.504 e. The number of aliphatic hydroxyl groups excluding tert-OH is 2. The van der Waals surface area contributed by atoms with E-state index >= 15 is 0 Å². The maximum Gasteiger partial charge on any atom is 0.266 e. The first-order valence-electron chi connectivity index (χ1n) is 14.0. The average Bonchev–Trinajstić information content (AvgIpc) is 2.95. The number of hydrogen-bond donors (Lipinski definition) is 2. The van der Waals surface area contributed by atoms with Gasteiger partial charge in [0.05, 0.1) is 21.3 Å². The van der Waals surface area contributed by atoms with Crippen molar-refractivity contribution < 1.29 is 43.6 Å². The van der Waals surface area contributed by atoms with Crippen LogP contribution in [-0.4, -0.2) is 54.7 Å². The molecule has 2 aliphatic carbocycles. The first kappa shape index (κ1) is 32.6. The quantitative estimate of drug-likeness (QED) is 0.112. The lowest BCUT2D eigenvalue weighted by Gasteiger charge is -2.18. The number of Topliss-reactive ketones (excluding diaryl/α,β-unsaturated/α-hetero) is 3. The third-order valence-corrected chi connectivity index (χ3v) is 7.06. The van der Waals surface area contributed by atoms with E-state index in [1.54, 1.807) is 0 Å². The van der Waals surface area contributed by atoms with Gasteiger partial charge in [-0.1, -0.05) is 50.7 Å². The predicted molar refractivity (Wildman–Crippen MR) is 149 cm³/mol. The van der Waals surface area contributed by atoms with Crippen LogP contribution in [0.4, 0.5) is 0 Å². The molecule has 0 atom stereocenters. The maximum absolute atomic E-state index is 12.5. The summed E-state index contributed by atoms with van der Waals surface area (Å²) in [6.45, 7) is 0. The summed E-state index contributed by atoms with van der Waals surface area (Å²) >= 11 is 0. The van der Waals surface area contributed by atoms with Crippen molar-refractivity contribution in [2.45, 2.75) is 89.9 Å². The van der Waals surface area contributed by atoms with Gasteiger partial charge in [0.15, 0.2) is 17.3 Å². The van der Waals surface area contributed by atoms with Crippen LogP contribution >= 0.6 is 0 Å². The zero-order valence-electron chi connectivity index (χ0n) is 23.9. The van der Waals surface area contributed by atoms with Crippen molar-refractivity contribution in [3.8, 4) is 0 Å². The molecule has 0 saturated heterocycles. The van der Waals surface area contributed by atoms with Crippen molar-refractivity contribution in [3.63, 3.8) is 0 Å². The Bertz CT molecular complexity index is 1100. The molecule has 220 valence electrons. The molecule has 0 fully saturated rings. The third kappa shape index (κ3) is 8.96. The van der Waals surface area contributed by atoms with Crippen molar-refractivity contribution in [1.29, 1.82) is 0 Å². The second-order valence-electron chi connectivity index (χ2n) is 9.87. The SMILES string of the molecule is COC1=CC(=O)C(O)=C(CCCCCCCC=CCCCCCCCC2=C(O)C(=O)C(OC)=C(OC)C2=O)C1=O. The van der Waals surface area contributed by atoms with Crippen molar-refractivity contribution >= 4 is 23.1 Å². The smallest absolute Gasteiger partial charge is 0.266 e. The number of ether oxygens (including phenoxy) is 3. The molecule has 0 unspecified atom stereocenters. The predicted octanol–water partition coefficient (Wildman–Crippen LogP) is 5.97. The van der Waals surface area contributed by atoms with Crippen LogP contribution in [0, 0.1) is 0 Å². The lowest BCUT2D eigenvalue weighted by atomic mass is 9.93. The van der Waals surface area contributed by atoms with Gasteiger partial charge in [-0.25, -0.2) is 0 Å². The van der Waals surface area contributed by atoms with E-state index in [2.05, 4.69) is 12.2 Å². The molecule has 0 radical (unpaired) electrons. The zero-order chi connectivity index (χ0) is 29.5. The van der Waals surface area contributed by atoms with Gasteiger partial charge in [-0.05, 0) is 51.4 Å². The molecular weight excluding hydrogens is 516 g/mol. The molecule has 2 aliphatic rings. The van der Waals surface area contributed by atoms with Crippen LogP contribution in [0.3, 0.4) is 0 Å². The van der Waals surface area contributed by atoms with Crippen LogP contribution in [0.1, 0.15) is 89.9 Å². The number of methoxy groups -OCH3 is 3. The van der Waals surface area contributed by atoms with Crippen LogP contribution in [0.25, 0.3) is 0 Å². The summed E-state index contributed by atoms with van der Waals surface area (Å²) in [5, 5.41) is 20.0. The number of hydrogen-bond acceptors (Lipinski definition) is 9. The highest BCUT2D eigenvalue weighted by Gasteiger charge is 2.36. The molecule has 0 aromatic heterocycles. The number of rotatable bonds is 19. The molecule has 2 rings (SSSR count). The van der Waals surface area contributed by atoms with E-state index in [0.29, 0.717) is 19.3 Å². The van der Waals surface area contributed by atoms with E-state index in [4.69, 9.17) is 14.2 Å². The lowest BCUT2D eigenvalue weighted by Crippen LogP contribution is -2.26. The highest BCUT2D eigenvalue weighted by molar-refractivity contribution is 6.22. The molecule has 9 nitrogen and oxygen atoms in total. The fraction of sp³-hybridized carbons (Fsp3) is 0.548. The molecule has 0 aromatic carbocycles. The number of ketones is 4. The molecule has 0 heterocycles. The summed E-state index contributed by atoms with van der Waals surface area (Å²) in [5.41, 5.74) is 0.245. The number of allylic oxidation sites excluding steroid dienone is 5. The highest BCUT2D eigenvalue weighted by Crippen LogP contribution is 2.28. The van der Waals surface area contributed by atoms with Crippen molar-refractivity contribution in [2.75, 3.05) is 21.3 Å².